The smallest absolute Gasteiger partial charge is 0.237 e. The second kappa shape index (κ2) is 3.40. The molecule has 0 aliphatic carbocycles. The molecule has 66 valence electrons. The van der Waals surface area contributed by atoms with E-state index in [1.54, 1.807) is 30.0 Å². The lowest BCUT2D eigenvalue weighted by Crippen LogP contribution is -2.17. The number of amides is 1. The van der Waals surface area contributed by atoms with E-state index < -0.39 is 6.10 Å². The zero-order chi connectivity index (χ0) is 9.14. The number of primary amides is 1. The Hall–Kier alpha value is -1.29. The summed E-state index contributed by atoms with van der Waals surface area (Å²) in [6, 6.07) is 1.76. The van der Waals surface area contributed by atoms with Gasteiger partial charge in [-0.2, -0.15) is 0 Å². The van der Waals surface area contributed by atoms with Gasteiger partial charge in [0.25, 0.3) is 0 Å². The highest BCUT2D eigenvalue weighted by Gasteiger charge is 2.03. The first-order chi connectivity index (χ1) is 5.59. The molecule has 0 saturated heterocycles. The van der Waals surface area contributed by atoms with Crippen LogP contribution in [0, 0.1) is 0 Å². The standard InChI is InChI=1S/C8H12N2O2/c1-6(11)7-2-3-10(4-7)5-8(9)12/h2-4,6,11H,5H2,1H3,(H2,9,12). The summed E-state index contributed by atoms with van der Waals surface area (Å²) in [5.74, 6) is -0.386. The number of hydrogen-bond acceptors (Lipinski definition) is 2. The fourth-order valence-electron chi connectivity index (χ4n) is 0.985. The summed E-state index contributed by atoms with van der Waals surface area (Å²) in [6.07, 6.45) is 2.92. The van der Waals surface area contributed by atoms with Crippen molar-refractivity contribution in [2.24, 2.45) is 5.73 Å². The van der Waals surface area contributed by atoms with E-state index >= 15 is 0 Å². The van der Waals surface area contributed by atoms with Gasteiger partial charge in [0, 0.05) is 12.4 Å². The molecule has 0 radical (unpaired) electrons. The summed E-state index contributed by atoms with van der Waals surface area (Å²) in [7, 11) is 0. The van der Waals surface area contributed by atoms with Crippen molar-refractivity contribution in [3.63, 3.8) is 0 Å². The number of carbonyl (C=O) groups is 1. The van der Waals surface area contributed by atoms with Crippen molar-refractivity contribution >= 4 is 5.91 Å². The molecule has 0 aromatic carbocycles. The summed E-state index contributed by atoms with van der Waals surface area (Å²) < 4.78 is 1.64. The Bertz CT molecular complexity index is 278. The Labute approximate surface area is 70.6 Å². The lowest BCUT2D eigenvalue weighted by atomic mass is 10.2. The van der Waals surface area contributed by atoms with Gasteiger partial charge in [0.1, 0.15) is 6.54 Å². The third-order valence-corrected chi connectivity index (χ3v) is 1.59. The van der Waals surface area contributed by atoms with Crippen LogP contribution < -0.4 is 5.73 Å². The second-order valence-electron chi connectivity index (χ2n) is 2.76. The van der Waals surface area contributed by atoms with Crippen molar-refractivity contribution in [2.45, 2.75) is 19.6 Å². The van der Waals surface area contributed by atoms with Gasteiger partial charge in [-0.15, -0.1) is 0 Å². The minimum atomic E-state index is -0.501. The van der Waals surface area contributed by atoms with Gasteiger partial charge in [-0.1, -0.05) is 0 Å². The lowest BCUT2D eigenvalue weighted by molar-refractivity contribution is -0.118. The van der Waals surface area contributed by atoms with E-state index in [1.807, 2.05) is 0 Å². The molecule has 1 rings (SSSR count). The Kier molecular flexibility index (Phi) is 2.50. The number of rotatable bonds is 3. The van der Waals surface area contributed by atoms with Crippen molar-refractivity contribution in [1.82, 2.24) is 4.57 Å². The highest BCUT2D eigenvalue weighted by atomic mass is 16.3. The van der Waals surface area contributed by atoms with Crippen LogP contribution in [0.2, 0.25) is 0 Å². The average Bonchev–Trinajstić information content (AvgIpc) is 2.34. The number of nitrogens with two attached hydrogens (primary N) is 1. The quantitative estimate of drug-likeness (QED) is 0.668. The lowest BCUT2D eigenvalue weighted by Gasteiger charge is -1.99. The maximum atomic E-state index is 10.5. The number of aromatic nitrogens is 1. The van der Waals surface area contributed by atoms with E-state index in [4.69, 9.17) is 10.8 Å². The van der Waals surface area contributed by atoms with E-state index in [0.29, 0.717) is 0 Å². The summed E-state index contributed by atoms with van der Waals surface area (Å²) in [4.78, 5) is 10.5. The number of hydrogen-bond donors (Lipinski definition) is 2. The van der Waals surface area contributed by atoms with Crippen LogP contribution in [0.5, 0.6) is 0 Å². The van der Waals surface area contributed by atoms with Gasteiger partial charge in [0.05, 0.1) is 6.10 Å². The van der Waals surface area contributed by atoms with Crippen LogP contribution in [0.4, 0.5) is 0 Å². The molecule has 1 unspecified atom stereocenters. The first kappa shape index (κ1) is 8.80. The van der Waals surface area contributed by atoms with Crippen molar-refractivity contribution in [3.8, 4) is 0 Å². The van der Waals surface area contributed by atoms with Gasteiger partial charge in [-0.3, -0.25) is 4.79 Å². The molecule has 0 aliphatic heterocycles. The van der Waals surface area contributed by atoms with Gasteiger partial charge >= 0.3 is 0 Å². The number of aliphatic hydroxyl groups is 1. The molecule has 1 aromatic heterocycles. The molecular weight excluding hydrogens is 156 g/mol. The zero-order valence-corrected chi connectivity index (χ0v) is 6.90. The Morgan fingerprint density at radius 3 is 2.92 bits per heavy atom. The maximum absolute atomic E-state index is 10.5. The molecule has 0 bridgehead atoms. The molecule has 1 amide bonds. The molecule has 1 aromatic rings. The van der Waals surface area contributed by atoms with Crippen molar-refractivity contribution in [2.75, 3.05) is 0 Å². The monoisotopic (exact) mass is 168 g/mol. The van der Waals surface area contributed by atoms with Gasteiger partial charge in [-0.25, -0.2) is 0 Å². The van der Waals surface area contributed by atoms with Gasteiger partial charge in [0.2, 0.25) is 5.91 Å². The number of aliphatic hydroxyl groups excluding tert-OH is 1. The largest absolute Gasteiger partial charge is 0.389 e. The molecular formula is C8H12N2O2. The van der Waals surface area contributed by atoms with E-state index in [-0.39, 0.29) is 12.5 Å². The first-order valence-electron chi connectivity index (χ1n) is 3.71. The third-order valence-electron chi connectivity index (χ3n) is 1.59. The van der Waals surface area contributed by atoms with Crippen molar-refractivity contribution in [3.05, 3.63) is 24.0 Å². The van der Waals surface area contributed by atoms with E-state index in [1.165, 1.54) is 0 Å². The highest BCUT2D eigenvalue weighted by Crippen LogP contribution is 2.11. The predicted molar refractivity (Wildman–Crippen MR) is 44.3 cm³/mol. The number of carbonyl (C=O) groups excluding carboxylic acids is 1. The molecule has 1 atom stereocenters. The molecule has 0 spiro atoms. The van der Waals surface area contributed by atoms with Crippen LogP contribution in [0.3, 0.4) is 0 Å². The maximum Gasteiger partial charge on any atom is 0.237 e. The summed E-state index contributed by atoms with van der Waals surface area (Å²) in [6.45, 7) is 1.83. The highest BCUT2D eigenvalue weighted by molar-refractivity contribution is 5.73. The minimum absolute atomic E-state index is 0.159. The topological polar surface area (TPSA) is 68.2 Å². The van der Waals surface area contributed by atoms with Crippen LogP contribution >= 0.6 is 0 Å². The number of nitrogens with zero attached hydrogens (tertiary/aromatic N) is 1. The Balaban J connectivity index is 2.70. The SMILES string of the molecule is CC(O)c1ccn(CC(N)=O)c1. The molecule has 1 heterocycles. The second-order valence-corrected chi connectivity index (χ2v) is 2.76. The summed E-state index contributed by atoms with van der Waals surface area (Å²) in [5, 5.41) is 9.14. The fraction of sp³-hybridized carbons (Fsp3) is 0.375. The molecule has 4 heteroatoms. The molecule has 4 nitrogen and oxygen atoms in total. The predicted octanol–water partition coefficient (Wildman–Crippen LogP) is 0.0267. The summed E-state index contributed by atoms with van der Waals surface area (Å²) in [5.41, 5.74) is 5.78. The van der Waals surface area contributed by atoms with Gasteiger partial charge < -0.3 is 15.4 Å². The van der Waals surface area contributed by atoms with Crippen LogP contribution in [0.15, 0.2) is 18.5 Å². The zero-order valence-electron chi connectivity index (χ0n) is 6.90. The van der Waals surface area contributed by atoms with Crippen molar-refractivity contribution < 1.29 is 9.90 Å². The fourth-order valence-corrected chi connectivity index (χ4v) is 0.985. The third kappa shape index (κ3) is 2.10. The van der Waals surface area contributed by atoms with Crippen molar-refractivity contribution in [1.29, 1.82) is 0 Å². The summed E-state index contributed by atoms with van der Waals surface area (Å²) >= 11 is 0. The van der Waals surface area contributed by atoms with Crippen LogP contribution in [-0.4, -0.2) is 15.6 Å². The normalized spacial score (nSPS) is 12.8. The van der Waals surface area contributed by atoms with E-state index in [9.17, 15) is 4.79 Å². The average molecular weight is 168 g/mol. The van der Waals surface area contributed by atoms with E-state index in [2.05, 4.69) is 0 Å². The van der Waals surface area contributed by atoms with Gasteiger partial charge in [0.15, 0.2) is 0 Å². The molecule has 12 heavy (non-hydrogen) atoms. The van der Waals surface area contributed by atoms with Crippen LogP contribution in [-0.2, 0) is 11.3 Å². The van der Waals surface area contributed by atoms with Gasteiger partial charge in [-0.05, 0) is 18.6 Å². The first-order valence-corrected chi connectivity index (χ1v) is 3.71. The minimum Gasteiger partial charge on any atom is -0.389 e. The molecule has 0 fully saturated rings. The molecule has 0 saturated carbocycles. The van der Waals surface area contributed by atoms with Crippen LogP contribution in [0.1, 0.15) is 18.6 Å². The molecule has 3 N–H and O–H groups in total. The Morgan fingerprint density at radius 1 is 1.83 bits per heavy atom. The van der Waals surface area contributed by atoms with Crippen LogP contribution in [0.25, 0.3) is 0 Å². The molecule has 0 aliphatic rings. The Morgan fingerprint density at radius 2 is 2.50 bits per heavy atom. The van der Waals surface area contributed by atoms with E-state index in [0.717, 1.165) is 5.56 Å².